The summed E-state index contributed by atoms with van der Waals surface area (Å²) in [5.41, 5.74) is 0.0650. The van der Waals surface area contributed by atoms with E-state index in [9.17, 15) is 0 Å². The Kier molecular flexibility index (Phi) is 2.52. The van der Waals surface area contributed by atoms with Gasteiger partial charge in [0.15, 0.2) is 5.90 Å². The average Bonchev–Trinajstić information content (AvgIpc) is 2.48. The Morgan fingerprint density at radius 2 is 2.00 bits per heavy atom. The summed E-state index contributed by atoms with van der Waals surface area (Å²) in [4.78, 5) is 6.88. The van der Waals surface area contributed by atoms with Crippen LogP contribution < -0.4 is 0 Å². The van der Waals surface area contributed by atoms with E-state index in [0.29, 0.717) is 6.04 Å². The summed E-state index contributed by atoms with van der Waals surface area (Å²) in [5, 5.41) is 0. The highest BCUT2D eigenvalue weighted by atomic mass is 16.5. The molecule has 0 unspecified atom stereocenters. The number of nitrogens with zero attached hydrogens (tertiary/aromatic N) is 2. The fraction of sp³-hybridized carbons (Fsp3) is 0.909. The molecule has 0 aromatic carbocycles. The number of aliphatic imine (C=N–C) groups is 1. The van der Waals surface area contributed by atoms with Crippen LogP contribution in [-0.2, 0) is 4.74 Å². The molecular formula is C11H20N2O. The van der Waals surface area contributed by atoms with E-state index in [4.69, 9.17) is 4.74 Å². The maximum atomic E-state index is 5.84. The molecule has 0 amide bonds. The van der Waals surface area contributed by atoms with Crippen LogP contribution >= 0.6 is 0 Å². The third-order valence-corrected chi connectivity index (χ3v) is 3.39. The van der Waals surface area contributed by atoms with E-state index in [2.05, 4.69) is 23.7 Å². The molecule has 0 aliphatic carbocycles. The number of ether oxygens (including phenoxy) is 1. The van der Waals surface area contributed by atoms with Gasteiger partial charge in [-0.3, -0.25) is 4.99 Å². The Bertz CT molecular complexity index is 240. The highest BCUT2D eigenvalue weighted by Crippen LogP contribution is 2.31. The van der Waals surface area contributed by atoms with Gasteiger partial charge in [0.2, 0.25) is 0 Å². The summed E-state index contributed by atoms with van der Waals surface area (Å²) in [6.07, 6.45) is 2.26. The minimum absolute atomic E-state index is 0.0650. The maximum Gasteiger partial charge on any atom is 0.180 e. The van der Waals surface area contributed by atoms with Crippen molar-refractivity contribution in [2.45, 2.75) is 45.3 Å². The molecule has 0 saturated carbocycles. The first-order valence-corrected chi connectivity index (χ1v) is 5.55. The van der Waals surface area contributed by atoms with Gasteiger partial charge in [-0.25, -0.2) is 0 Å². The predicted octanol–water partition coefficient (Wildman–Crippen LogP) is 1.68. The molecule has 0 aromatic rings. The van der Waals surface area contributed by atoms with Crippen molar-refractivity contribution in [2.24, 2.45) is 4.99 Å². The average molecular weight is 196 g/mol. The second-order valence-corrected chi connectivity index (χ2v) is 4.75. The molecule has 2 aliphatic heterocycles. The van der Waals surface area contributed by atoms with E-state index in [1.807, 2.05) is 6.92 Å². The largest absolute Gasteiger partial charge is 0.473 e. The van der Waals surface area contributed by atoms with Gasteiger partial charge in [-0.2, -0.15) is 0 Å². The van der Waals surface area contributed by atoms with Crippen molar-refractivity contribution in [3.05, 3.63) is 0 Å². The van der Waals surface area contributed by atoms with Crippen molar-refractivity contribution >= 4 is 5.90 Å². The zero-order valence-corrected chi connectivity index (χ0v) is 9.42. The molecule has 0 radical (unpaired) electrons. The Labute approximate surface area is 86.1 Å². The van der Waals surface area contributed by atoms with E-state index in [0.717, 1.165) is 38.4 Å². The van der Waals surface area contributed by atoms with Crippen molar-refractivity contribution in [3.63, 3.8) is 0 Å². The Morgan fingerprint density at radius 3 is 2.43 bits per heavy atom. The second-order valence-electron chi connectivity index (χ2n) is 4.75. The second kappa shape index (κ2) is 3.54. The number of hydrogen-bond acceptors (Lipinski definition) is 3. The van der Waals surface area contributed by atoms with Crippen LogP contribution in [0, 0.1) is 0 Å². The Balaban J connectivity index is 1.90. The fourth-order valence-electron chi connectivity index (χ4n) is 2.34. The van der Waals surface area contributed by atoms with Crippen molar-refractivity contribution in [2.75, 3.05) is 19.6 Å². The van der Waals surface area contributed by atoms with Crippen LogP contribution in [0.3, 0.4) is 0 Å². The van der Waals surface area contributed by atoms with Crippen LogP contribution in [0.1, 0.15) is 33.6 Å². The lowest BCUT2D eigenvalue weighted by atomic mass is 9.91. The van der Waals surface area contributed by atoms with Crippen LogP contribution in [0.5, 0.6) is 0 Å². The quantitative estimate of drug-likeness (QED) is 0.637. The van der Waals surface area contributed by atoms with Gasteiger partial charge < -0.3 is 9.64 Å². The van der Waals surface area contributed by atoms with Crippen molar-refractivity contribution in [1.29, 1.82) is 0 Å². The third kappa shape index (κ3) is 1.78. The zero-order valence-electron chi connectivity index (χ0n) is 9.42. The Hall–Kier alpha value is -0.570. The van der Waals surface area contributed by atoms with Gasteiger partial charge in [-0.05, 0) is 13.8 Å². The van der Waals surface area contributed by atoms with E-state index in [1.54, 1.807) is 0 Å². The van der Waals surface area contributed by atoms with Gasteiger partial charge in [-0.1, -0.05) is 0 Å². The monoisotopic (exact) mass is 196 g/mol. The first-order valence-electron chi connectivity index (χ1n) is 5.55. The number of likely N-dealkylation sites (tertiary alicyclic amines) is 1. The molecule has 1 spiro atoms. The zero-order chi connectivity index (χ0) is 10.2. The molecule has 2 aliphatic rings. The van der Waals surface area contributed by atoms with E-state index >= 15 is 0 Å². The molecule has 0 N–H and O–H groups in total. The van der Waals surface area contributed by atoms with Crippen LogP contribution in [0.4, 0.5) is 0 Å². The molecule has 0 aromatic heterocycles. The van der Waals surface area contributed by atoms with E-state index in [1.165, 1.54) is 0 Å². The predicted molar refractivity (Wildman–Crippen MR) is 57.7 cm³/mol. The molecule has 2 rings (SSSR count). The molecule has 1 fully saturated rings. The minimum Gasteiger partial charge on any atom is -0.473 e. The lowest BCUT2D eigenvalue weighted by molar-refractivity contribution is 0.00564. The van der Waals surface area contributed by atoms with Crippen molar-refractivity contribution < 1.29 is 4.74 Å². The molecule has 0 atom stereocenters. The highest BCUT2D eigenvalue weighted by molar-refractivity contribution is 5.75. The van der Waals surface area contributed by atoms with E-state index < -0.39 is 0 Å². The fourth-order valence-corrected chi connectivity index (χ4v) is 2.34. The van der Waals surface area contributed by atoms with Gasteiger partial charge in [0.05, 0.1) is 6.54 Å². The summed E-state index contributed by atoms with van der Waals surface area (Å²) in [7, 11) is 0. The van der Waals surface area contributed by atoms with Crippen LogP contribution in [-0.4, -0.2) is 42.1 Å². The standard InChI is InChI=1S/C11H20N2O/c1-9(2)13-6-4-11(5-7-13)8-12-10(3)14-11/h9H,4-8H2,1-3H3. The molecule has 3 nitrogen and oxygen atoms in total. The van der Waals surface area contributed by atoms with Gasteiger partial charge in [0.1, 0.15) is 5.60 Å². The highest BCUT2D eigenvalue weighted by Gasteiger charge is 2.40. The third-order valence-electron chi connectivity index (χ3n) is 3.39. The van der Waals surface area contributed by atoms with Crippen LogP contribution in [0.15, 0.2) is 4.99 Å². The van der Waals surface area contributed by atoms with Gasteiger partial charge >= 0.3 is 0 Å². The van der Waals surface area contributed by atoms with E-state index in [-0.39, 0.29) is 5.60 Å². The summed E-state index contributed by atoms with van der Waals surface area (Å²) >= 11 is 0. The lowest BCUT2D eigenvalue weighted by Gasteiger charge is -2.39. The summed E-state index contributed by atoms with van der Waals surface area (Å²) < 4.78 is 5.84. The molecule has 0 bridgehead atoms. The van der Waals surface area contributed by atoms with Gasteiger partial charge in [0, 0.05) is 38.9 Å². The van der Waals surface area contributed by atoms with Gasteiger partial charge in [0.25, 0.3) is 0 Å². The molecular weight excluding hydrogens is 176 g/mol. The summed E-state index contributed by atoms with van der Waals surface area (Å²) in [6, 6.07) is 0.663. The molecule has 1 saturated heterocycles. The normalized spacial score (nSPS) is 26.7. The Morgan fingerprint density at radius 1 is 1.36 bits per heavy atom. The lowest BCUT2D eigenvalue weighted by Crippen LogP contribution is -2.48. The molecule has 2 heterocycles. The SMILES string of the molecule is CC1=NCC2(CCN(C(C)C)CC2)O1. The molecule has 80 valence electrons. The molecule has 14 heavy (non-hydrogen) atoms. The smallest absolute Gasteiger partial charge is 0.180 e. The summed E-state index contributed by atoms with van der Waals surface area (Å²) in [5.74, 6) is 0.878. The first-order chi connectivity index (χ1) is 6.61. The number of rotatable bonds is 1. The van der Waals surface area contributed by atoms with Crippen molar-refractivity contribution in [1.82, 2.24) is 4.90 Å². The van der Waals surface area contributed by atoms with Crippen LogP contribution in [0.25, 0.3) is 0 Å². The number of piperidine rings is 1. The first kappa shape index (κ1) is 9.97. The number of hydrogen-bond donors (Lipinski definition) is 0. The van der Waals surface area contributed by atoms with Gasteiger partial charge in [-0.15, -0.1) is 0 Å². The molecule has 3 heteroatoms. The minimum atomic E-state index is 0.0650. The maximum absolute atomic E-state index is 5.84. The van der Waals surface area contributed by atoms with Crippen LogP contribution in [0.2, 0.25) is 0 Å². The summed E-state index contributed by atoms with van der Waals surface area (Å²) in [6.45, 7) is 9.67. The topological polar surface area (TPSA) is 24.8 Å². The van der Waals surface area contributed by atoms with Crippen molar-refractivity contribution in [3.8, 4) is 0 Å².